The van der Waals surface area contributed by atoms with E-state index in [9.17, 15) is 9.18 Å². The van der Waals surface area contributed by atoms with E-state index in [0.29, 0.717) is 5.69 Å². The van der Waals surface area contributed by atoms with Crippen LogP contribution in [0.3, 0.4) is 0 Å². The van der Waals surface area contributed by atoms with Crippen molar-refractivity contribution in [2.75, 3.05) is 23.0 Å². The summed E-state index contributed by atoms with van der Waals surface area (Å²) in [5.74, 6) is -1.20. The Bertz CT molecular complexity index is 1120. The lowest BCUT2D eigenvalue weighted by Crippen LogP contribution is -2.43. The number of aromatic nitrogens is 2. The van der Waals surface area contributed by atoms with Crippen molar-refractivity contribution >= 4 is 39.8 Å². The second-order valence-corrected chi connectivity index (χ2v) is 7.75. The zero-order valence-corrected chi connectivity index (χ0v) is 17.3. The van der Waals surface area contributed by atoms with Crippen molar-refractivity contribution in [3.05, 3.63) is 47.9 Å². The lowest BCUT2D eigenvalue weighted by atomic mass is 9.91. The molecule has 9 heteroatoms. The van der Waals surface area contributed by atoms with Crippen LogP contribution in [-0.4, -0.2) is 35.0 Å². The van der Waals surface area contributed by atoms with E-state index in [-0.39, 0.29) is 29.3 Å². The van der Waals surface area contributed by atoms with E-state index in [2.05, 4.69) is 25.9 Å². The lowest BCUT2D eigenvalue weighted by Gasteiger charge is -2.30. The molecule has 0 aliphatic heterocycles. The monoisotopic (exact) mass is 423 g/mol. The highest BCUT2D eigenvalue weighted by molar-refractivity contribution is 5.99. The highest BCUT2D eigenvalue weighted by atomic mass is 19.1. The Morgan fingerprint density at radius 2 is 2.00 bits per heavy atom. The number of pyridine rings is 2. The maximum Gasteiger partial charge on any atom is 0.252 e. The number of anilines is 4. The smallest absolute Gasteiger partial charge is 0.252 e. The number of fused-ring (bicyclic) bond motifs is 1. The molecule has 2 aromatic heterocycles. The molecule has 3 aromatic rings. The van der Waals surface area contributed by atoms with Gasteiger partial charge in [0, 0.05) is 36.4 Å². The number of primary amides is 1. The van der Waals surface area contributed by atoms with E-state index in [4.69, 9.17) is 11.5 Å². The number of amides is 1. The minimum absolute atomic E-state index is 0.0340. The SMILES string of the molecule is CNc1cc(Nc2nc(N[C@@H]3CCCC[C@@H]3N)c(F)cc2C(N)=O)cc2cccnc12. The normalized spacial score (nSPS) is 18.5. The maximum atomic E-state index is 14.7. The van der Waals surface area contributed by atoms with E-state index < -0.39 is 11.7 Å². The summed E-state index contributed by atoms with van der Waals surface area (Å²) in [6, 6.07) is 8.44. The van der Waals surface area contributed by atoms with Crippen molar-refractivity contribution in [1.29, 1.82) is 0 Å². The van der Waals surface area contributed by atoms with Gasteiger partial charge in [-0.2, -0.15) is 0 Å². The van der Waals surface area contributed by atoms with Gasteiger partial charge in [-0.3, -0.25) is 9.78 Å². The van der Waals surface area contributed by atoms with Crippen LogP contribution in [0.15, 0.2) is 36.5 Å². The minimum Gasteiger partial charge on any atom is -0.386 e. The van der Waals surface area contributed by atoms with Gasteiger partial charge in [0.1, 0.15) is 5.82 Å². The molecular formula is C22H26FN7O. The molecule has 1 fully saturated rings. The van der Waals surface area contributed by atoms with Crippen LogP contribution in [0, 0.1) is 5.82 Å². The maximum absolute atomic E-state index is 14.7. The van der Waals surface area contributed by atoms with Gasteiger partial charge in [0.2, 0.25) is 0 Å². The number of halogens is 1. The van der Waals surface area contributed by atoms with Crippen molar-refractivity contribution in [3.63, 3.8) is 0 Å². The molecule has 31 heavy (non-hydrogen) atoms. The van der Waals surface area contributed by atoms with Crippen LogP contribution in [0.4, 0.5) is 27.4 Å². The van der Waals surface area contributed by atoms with Crippen molar-refractivity contribution in [2.24, 2.45) is 11.5 Å². The predicted octanol–water partition coefficient (Wildman–Crippen LogP) is 3.33. The molecule has 0 radical (unpaired) electrons. The fraction of sp³-hybridized carbons (Fsp3) is 0.318. The summed E-state index contributed by atoms with van der Waals surface area (Å²) in [5, 5.41) is 10.2. The number of rotatable bonds is 6. The first-order valence-electron chi connectivity index (χ1n) is 10.3. The van der Waals surface area contributed by atoms with Crippen LogP contribution in [0.2, 0.25) is 0 Å². The number of hydrogen-bond acceptors (Lipinski definition) is 7. The van der Waals surface area contributed by atoms with Crippen molar-refractivity contribution in [3.8, 4) is 0 Å². The van der Waals surface area contributed by atoms with E-state index in [0.717, 1.165) is 48.3 Å². The average molecular weight is 423 g/mol. The Kier molecular flexibility index (Phi) is 5.85. The molecule has 2 heterocycles. The van der Waals surface area contributed by atoms with Crippen LogP contribution < -0.4 is 27.4 Å². The average Bonchev–Trinajstić information content (AvgIpc) is 2.76. The van der Waals surface area contributed by atoms with Gasteiger partial charge >= 0.3 is 0 Å². The van der Waals surface area contributed by atoms with Gasteiger partial charge in [-0.15, -0.1) is 0 Å². The molecule has 1 saturated carbocycles. The van der Waals surface area contributed by atoms with Crippen LogP contribution >= 0.6 is 0 Å². The van der Waals surface area contributed by atoms with E-state index in [1.165, 1.54) is 0 Å². The van der Waals surface area contributed by atoms with Gasteiger partial charge in [0.25, 0.3) is 5.91 Å². The number of nitrogens with zero attached hydrogens (tertiary/aromatic N) is 2. The zero-order chi connectivity index (χ0) is 22.0. The molecule has 0 unspecified atom stereocenters. The first-order chi connectivity index (χ1) is 15.0. The van der Waals surface area contributed by atoms with Crippen molar-refractivity contribution in [2.45, 2.75) is 37.8 Å². The van der Waals surface area contributed by atoms with Gasteiger partial charge < -0.3 is 27.4 Å². The van der Waals surface area contributed by atoms with Gasteiger partial charge in [-0.25, -0.2) is 9.37 Å². The van der Waals surface area contributed by atoms with Crippen molar-refractivity contribution in [1.82, 2.24) is 9.97 Å². The number of benzene rings is 1. The van der Waals surface area contributed by atoms with Gasteiger partial charge in [-0.1, -0.05) is 18.9 Å². The van der Waals surface area contributed by atoms with Crippen LogP contribution in [-0.2, 0) is 0 Å². The highest BCUT2D eigenvalue weighted by Crippen LogP contribution is 2.30. The molecule has 1 aromatic carbocycles. The predicted molar refractivity (Wildman–Crippen MR) is 121 cm³/mol. The molecule has 4 rings (SSSR count). The zero-order valence-electron chi connectivity index (χ0n) is 17.3. The standard InChI is InChI=1S/C22H26FN7O/c1-26-18-10-13(9-12-5-4-8-27-19(12)18)28-21-14(20(25)31)11-15(23)22(30-21)29-17-7-3-2-6-16(17)24/h4-5,8-11,16-17,26H,2-3,6-7,24H2,1H3,(H2,25,31)(H2,28,29,30)/t16-,17+/m0/s1. The molecule has 0 spiro atoms. The van der Waals surface area contributed by atoms with E-state index in [1.54, 1.807) is 13.2 Å². The number of nitrogens with one attached hydrogen (secondary N) is 3. The largest absolute Gasteiger partial charge is 0.386 e. The second kappa shape index (κ2) is 8.73. The topological polar surface area (TPSA) is 131 Å². The quantitative estimate of drug-likeness (QED) is 0.411. The minimum atomic E-state index is -0.772. The fourth-order valence-electron chi connectivity index (χ4n) is 3.98. The Labute approximate surface area is 179 Å². The Morgan fingerprint density at radius 3 is 2.74 bits per heavy atom. The van der Waals surface area contributed by atoms with Crippen LogP contribution in [0.1, 0.15) is 36.0 Å². The van der Waals surface area contributed by atoms with Crippen LogP contribution in [0.5, 0.6) is 0 Å². The number of carbonyl (C=O) groups is 1. The summed E-state index contributed by atoms with van der Waals surface area (Å²) in [4.78, 5) is 20.7. The molecule has 162 valence electrons. The summed E-state index contributed by atoms with van der Waals surface area (Å²) in [7, 11) is 1.80. The molecule has 2 atom stereocenters. The third kappa shape index (κ3) is 4.36. The number of nitrogens with two attached hydrogens (primary N) is 2. The third-order valence-electron chi connectivity index (χ3n) is 5.62. The molecular weight excluding hydrogens is 397 g/mol. The first-order valence-corrected chi connectivity index (χ1v) is 10.3. The Morgan fingerprint density at radius 1 is 1.19 bits per heavy atom. The molecule has 0 saturated heterocycles. The van der Waals surface area contributed by atoms with Gasteiger partial charge in [-0.05, 0) is 37.1 Å². The number of hydrogen-bond donors (Lipinski definition) is 5. The molecule has 8 nitrogen and oxygen atoms in total. The first kappa shape index (κ1) is 20.8. The Balaban J connectivity index is 1.71. The number of carbonyl (C=O) groups excluding carboxylic acids is 1. The Hall–Kier alpha value is -3.46. The summed E-state index contributed by atoms with van der Waals surface area (Å²) in [5.41, 5.74) is 13.9. The van der Waals surface area contributed by atoms with Crippen molar-refractivity contribution < 1.29 is 9.18 Å². The summed E-state index contributed by atoms with van der Waals surface area (Å²) >= 11 is 0. The molecule has 0 bridgehead atoms. The summed E-state index contributed by atoms with van der Waals surface area (Å²) < 4.78 is 14.7. The molecule has 7 N–H and O–H groups in total. The summed E-state index contributed by atoms with van der Waals surface area (Å²) in [6.45, 7) is 0. The lowest BCUT2D eigenvalue weighted by molar-refractivity contribution is 0.100. The van der Waals surface area contributed by atoms with E-state index >= 15 is 0 Å². The van der Waals surface area contributed by atoms with Gasteiger partial charge in [0.05, 0.1) is 16.8 Å². The fourth-order valence-corrected chi connectivity index (χ4v) is 3.98. The summed E-state index contributed by atoms with van der Waals surface area (Å²) in [6.07, 6.45) is 5.52. The highest BCUT2D eigenvalue weighted by Gasteiger charge is 2.24. The molecule has 1 aliphatic carbocycles. The van der Waals surface area contributed by atoms with Gasteiger partial charge in [0.15, 0.2) is 11.6 Å². The second-order valence-electron chi connectivity index (χ2n) is 7.75. The molecule has 1 aliphatic rings. The van der Waals surface area contributed by atoms with E-state index in [1.807, 2.05) is 24.3 Å². The molecule has 1 amide bonds. The van der Waals surface area contributed by atoms with Crippen LogP contribution in [0.25, 0.3) is 10.9 Å². The third-order valence-corrected chi connectivity index (χ3v) is 5.62.